The molecule has 1 fully saturated rings. The summed E-state index contributed by atoms with van der Waals surface area (Å²) in [5.41, 5.74) is 2.54. The Kier molecular flexibility index (Phi) is 3.02. The van der Waals surface area contributed by atoms with Crippen molar-refractivity contribution in [3.63, 3.8) is 0 Å². The average Bonchev–Trinajstić information content (AvgIpc) is 2.22. The zero-order valence-corrected chi connectivity index (χ0v) is 8.92. The highest BCUT2D eigenvalue weighted by Gasteiger charge is 2.17. The molecule has 0 aliphatic carbocycles. The van der Waals surface area contributed by atoms with E-state index in [-0.39, 0.29) is 11.9 Å². The maximum Gasteiger partial charge on any atom is 0.234 e. The smallest absolute Gasteiger partial charge is 0.234 e. The third-order valence-corrected chi connectivity index (χ3v) is 2.64. The van der Waals surface area contributed by atoms with Gasteiger partial charge in [-0.1, -0.05) is 29.8 Å². The summed E-state index contributed by atoms with van der Waals surface area (Å²) in [6.45, 7) is 3.39. The molecule has 1 atom stereocenters. The normalized spacial score (nSPS) is 21.1. The Labute approximate surface area is 89.9 Å². The van der Waals surface area contributed by atoms with Crippen LogP contribution < -0.4 is 10.6 Å². The molecule has 0 bridgehead atoms. The molecule has 1 aromatic carbocycles. The predicted octanol–water partition coefficient (Wildman–Crippen LogP) is 0.626. The van der Waals surface area contributed by atoms with E-state index in [1.807, 2.05) is 0 Å². The number of aryl methyl sites for hydroxylation is 1. The van der Waals surface area contributed by atoms with Crippen LogP contribution in [0.15, 0.2) is 24.3 Å². The molecule has 1 amide bonds. The van der Waals surface area contributed by atoms with E-state index in [0.29, 0.717) is 6.54 Å². The van der Waals surface area contributed by atoms with Crippen molar-refractivity contribution in [2.24, 2.45) is 0 Å². The van der Waals surface area contributed by atoms with Crippen LogP contribution >= 0.6 is 0 Å². The molecule has 1 unspecified atom stereocenters. The minimum Gasteiger partial charge on any atom is -0.351 e. The van der Waals surface area contributed by atoms with Gasteiger partial charge in [-0.15, -0.1) is 0 Å². The van der Waals surface area contributed by atoms with Crippen LogP contribution in [0.4, 0.5) is 0 Å². The summed E-state index contributed by atoms with van der Waals surface area (Å²) < 4.78 is 0. The van der Waals surface area contributed by atoms with Crippen LogP contribution in [0.3, 0.4) is 0 Å². The van der Waals surface area contributed by atoms with Gasteiger partial charge in [0.15, 0.2) is 0 Å². The molecule has 0 aromatic heterocycles. The van der Waals surface area contributed by atoms with Crippen LogP contribution in [-0.4, -0.2) is 25.0 Å². The summed E-state index contributed by atoms with van der Waals surface area (Å²) in [5, 5.41) is 6.08. The van der Waals surface area contributed by atoms with Crippen LogP contribution in [0.2, 0.25) is 0 Å². The number of nitrogens with one attached hydrogen (secondary N) is 2. The highest BCUT2D eigenvalue weighted by atomic mass is 16.2. The highest BCUT2D eigenvalue weighted by Crippen LogP contribution is 2.06. The number of amides is 1. The molecule has 1 aliphatic heterocycles. The third kappa shape index (κ3) is 2.80. The van der Waals surface area contributed by atoms with Crippen molar-refractivity contribution in [1.29, 1.82) is 0 Å². The molecule has 1 aliphatic rings. The number of hydrogen-bond donors (Lipinski definition) is 2. The van der Waals surface area contributed by atoms with E-state index in [1.54, 1.807) is 0 Å². The fraction of sp³-hybridized carbons (Fsp3) is 0.417. The number of carbonyl (C=O) groups is 1. The second kappa shape index (κ2) is 4.45. The van der Waals surface area contributed by atoms with Gasteiger partial charge in [-0.05, 0) is 18.9 Å². The lowest BCUT2D eigenvalue weighted by Crippen LogP contribution is -2.52. The van der Waals surface area contributed by atoms with Crippen molar-refractivity contribution in [3.05, 3.63) is 35.4 Å². The van der Waals surface area contributed by atoms with Crippen molar-refractivity contribution in [2.45, 2.75) is 19.4 Å². The fourth-order valence-corrected chi connectivity index (χ4v) is 1.82. The third-order valence-electron chi connectivity index (χ3n) is 2.64. The van der Waals surface area contributed by atoms with Crippen molar-refractivity contribution < 1.29 is 4.79 Å². The molecule has 3 heteroatoms. The highest BCUT2D eigenvalue weighted by molar-refractivity contribution is 5.79. The predicted molar refractivity (Wildman–Crippen MR) is 59.7 cm³/mol. The van der Waals surface area contributed by atoms with E-state index in [4.69, 9.17) is 0 Å². The first-order valence-corrected chi connectivity index (χ1v) is 5.29. The molecular formula is C12H16N2O. The standard InChI is InChI=1S/C12H16N2O/c1-9-2-4-10(5-3-9)6-11-7-13-8-12(15)14-11/h2-5,11,13H,6-8H2,1H3,(H,14,15). The van der Waals surface area contributed by atoms with Crippen LogP contribution in [0.5, 0.6) is 0 Å². The first kappa shape index (κ1) is 10.2. The number of benzene rings is 1. The molecule has 0 spiro atoms. The summed E-state index contributed by atoms with van der Waals surface area (Å²) in [6, 6.07) is 8.68. The Bertz CT molecular complexity index is 345. The average molecular weight is 204 g/mol. The van der Waals surface area contributed by atoms with E-state index < -0.39 is 0 Å². The van der Waals surface area contributed by atoms with Gasteiger partial charge in [0.25, 0.3) is 0 Å². The Hall–Kier alpha value is -1.35. The summed E-state index contributed by atoms with van der Waals surface area (Å²) >= 11 is 0. The zero-order chi connectivity index (χ0) is 10.7. The molecule has 0 saturated carbocycles. The molecule has 80 valence electrons. The van der Waals surface area contributed by atoms with Gasteiger partial charge in [0.1, 0.15) is 0 Å². The molecule has 3 nitrogen and oxygen atoms in total. The van der Waals surface area contributed by atoms with Crippen molar-refractivity contribution >= 4 is 5.91 Å². The summed E-state index contributed by atoms with van der Waals surface area (Å²) in [4.78, 5) is 11.1. The molecule has 2 N–H and O–H groups in total. The Balaban J connectivity index is 1.96. The van der Waals surface area contributed by atoms with Crippen LogP contribution in [0, 0.1) is 6.92 Å². The van der Waals surface area contributed by atoms with Gasteiger partial charge in [0, 0.05) is 12.6 Å². The lowest BCUT2D eigenvalue weighted by molar-refractivity contribution is -0.122. The summed E-state index contributed by atoms with van der Waals surface area (Å²) in [5.74, 6) is 0.0957. The van der Waals surface area contributed by atoms with Gasteiger partial charge >= 0.3 is 0 Å². The number of piperazine rings is 1. The SMILES string of the molecule is Cc1ccc(CC2CNCC(=O)N2)cc1. The largest absolute Gasteiger partial charge is 0.351 e. The van der Waals surface area contributed by atoms with E-state index in [1.165, 1.54) is 11.1 Å². The number of rotatable bonds is 2. The van der Waals surface area contributed by atoms with E-state index >= 15 is 0 Å². The van der Waals surface area contributed by atoms with Crippen LogP contribution in [0.25, 0.3) is 0 Å². The number of hydrogen-bond acceptors (Lipinski definition) is 2. The topological polar surface area (TPSA) is 41.1 Å². The maximum absolute atomic E-state index is 11.1. The van der Waals surface area contributed by atoms with Gasteiger partial charge in [-0.3, -0.25) is 4.79 Å². The molecule has 0 radical (unpaired) electrons. The lowest BCUT2D eigenvalue weighted by atomic mass is 10.0. The van der Waals surface area contributed by atoms with Crippen molar-refractivity contribution in [3.8, 4) is 0 Å². The molecule has 15 heavy (non-hydrogen) atoms. The monoisotopic (exact) mass is 204 g/mol. The van der Waals surface area contributed by atoms with Gasteiger partial charge in [-0.25, -0.2) is 0 Å². The van der Waals surface area contributed by atoms with Gasteiger partial charge in [0.05, 0.1) is 6.54 Å². The minimum atomic E-state index is 0.0957. The quantitative estimate of drug-likeness (QED) is 0.741. The van der Waals surface area contributed by atoms with E-state index in [0.717, 1.165) is 13.0 Å². The fourth-order valence-electron chi connectivity index (χ4n) is 1.82. The molecule has 1 heterocycles. The molecular weight excluding hydrogens is 188 g/mol. The van der Waals surface area contributed by atoms with E-state index in [9.17, 15) is 4.79 Å². The second-order valence-corrected chi connectivity index (χ2v) is 4.09. The second-order valence-electron chi connectivity index (χ2n) is 4.09. The van der Waals surface area contributed by atoms with Gasteiger partial charge in [-0.2, -0.15) is 0 Å². The van der Waals surface area contributed by atoms with Gasteiger partial charge in [0.2, 0.25) is 5.91 Å². The Morgan fingerprint density at radius 2 is 2.07 bits per heavy atom. The van der Waals surface area contributed by atoms with Crippen molar-refractivity contribution in [2.75, 3.05) is 13.1 Å². The molecule has 1 aromatic rings. The zero-order valence-electron chi connectivity index (χ0n) is 8.92. The Morgan fingerprint density at radius 1 is 1.33 bits per heavy atom. The summed E-state index contributed by atoms with van der Waals surface area (Å²) in [7, 11) is 0. The van der Waals surface area contributed by atoms with Gasteiger partial charge < -0.3 is 10.6 Å². The number of carbonyl (C=O) groups excluding carboxylic acids is 1. The molecule has 1 saturated heterocycles. The maximum atomic E-state index is 11.1. The Morgan fingerprint density at radius 3 is 2.73 bits per heavy atom. The first-order valence-electron chi connectivity index (χ1n) is 5.29. The first-order chi connectivity index (χ1) is 7.24. The van der Waals surface area contributed by atoms with Crippen LogP contribution in [0.1, 0.15) is 11.1 Å². The van der Waals surface area contributed by atoms with Crippen molar-refractivity contribution in [1.82, 2.24) is 10.6 Å². The summed E-state index contributed by atoms with van der Waals surface area (Å²) in [6.07, 6.45) is 0.902. The lowest BCUT2D eigenvalue weighted by Gasteiger charge is -2.24. The molecule has 2 rings (SSSR count). The van der Waals surface area contributed by atoms with Crippen LogP contribution in [-0.2, 0) is 11.2 Å². The van der Waals surface area contributed by atoms with E-state index in [2.05, 4.69) is 41.8 Å². The minimum absolute atomic E-state index is 0.0957.